The molecule has 100 valence electrons. The largest absolute Gasteiger partial charge is 0.369 e. The quantitative estimate of drug-likeness (QED) is 0.900. The van der Waals surface area contributed by atoms with Crippen molar-refractivity contribution >= 4 is 17.3 Å². The molecule has 2 nitrogen and oxygen atoms in total. The summed E-state index contributed by atoms with van der Waals surface area (Å²) in [4.78, 5) is 2.43. The Morgan fingerprint density at radius 2 is 2.17 bits per heavy atom. The average molecular weight is 267 g/mol. The zero-order valence-electron chi connectivity index (χ0n) is 11.3. The molecule has 0 saturated carbocycles. The Kier molecular flexibility index (Phi) is 4.90. The molecule has 1 aromatic rings. The first kappa shape index (κ1) is 13.7. The molecule has 0 bridgehead atoms. The number of nitrogens with one attached hydrogen (secondary N) is 1. The van der Waals surface area contributed by atoms with Crippen molar-refractivity contribution in [2.45, 2.75) is 32.7 Å². The summed E-state index contributed by atoms with van der Waals surface area (Å²) in [6, 6.07) is 8.74. The molecule has 0 aromatic heterocycles. The predicted molar refractivity (Wildman–Crippen MR) is 79.5 cm³/mol. The average Bonchev–Trinajstić information content (AvgIpc) is 2.54. The van der Waals surface area contributed by atoms with Crippen LogP contribution in [0.1, 0.15) is 26.7 Å². The fraction of sp³-hybridized carbons (Fsp3) is 0.600. The Balaban J connectivity index is 2.09. The van der Waals surface area contributed by atoms with Crippen LogP contribution in [-0.4, -0.2) is 25.7 Å². The van der Waals surface area contributed by atoms with Crippen LogP contribution in [0.5, 0.6) is 0 Å². The lowest BCUT2D eigenvalue weighted by atomic mass is 10.0. The van der Waals surface area contributed by atoms with E-state index < -0.39 is 0 Å². The number of halogens is 1. The fourth-order valence-corrected chi connectivity index (χ4v) is 2.91. The molecule has 3 heteroatoms. The summed E-state index contributed by atoms with van der Waals surface area (Å²) in [5.41, 5.74) is 1.18. The minimum Gasteiger partial charge on any atom is -0.369 e. The topological polar surface area (TPSA) is 15.3 Å². The maximum absolute atomic E-state index is 6.30. The zero-order valence-corrected chi connectivity index (χ0v) is 12.1. The van der Waals surface area contributed by atoms with Gasteiger partial charge in [0.05, 0.1) is 10.7 Å². The first-order chi connectivity index (χ1) is 8.66. The molecular weight excluding hydrogens is 244 g/mol. The van der Waals surface area contributed by atoms with Crippen molar-refractivity contribution in [1.29, 1.82) is 0 Å². The summed E-state index contributed by atoms with van der Waals surface area (Å²) in [7, 11) is 0. The molecular formula is C15H23ClN2. The highest BCUT2D eigenvalue weighted by Crippen LogP contribution is 2.26. The van der Waals surface area contributed by atoms with Gasteiger partial charge in [0.1, 0.15) is 0 Å². The van der Waals surface area contributed by atoms with E-state index in [9.17, 15) is 0 Å². The molecule has 1 aliphatic rings. The number of nitrogens with zero attached hydrogens (tertiary/aromatic N) is 1. The number of benzene rings is 1. The molecule has 2 rings (SSSR count). The molecule has 0 spiro atoms. The summed E-state index contributed by atoms with van der Waals surface area (Å²) in [5.74, 6) is 0.730. The van der Waals surface area contributed by atoms with Gasteiger partial charge in [-0.2, -0.15) is 0 Å². The second kappa shape index (κ2) is 6.44. The molecule has 1 atom stereocenters. The first-order valence-corrected chi connectivity index (χ1v) is 7.27. The maximum Gasteiger partial charge on any atom is 0.0639 e. The highest BCUT2D eigenvalue weighted by molar-refractivity contribution is 6.33. The van der Waals surface area contributed by atoms with Gasteiger partial charge in [0.25, 0.3) is 0 Å². The van der Waals surface area contributed by atoms with Crippen molar-refractivity contribution in [1.82, 2.24) is 5.32 Å². The van der Waals surface area contributed by atoms with E-state index in [4.69, 9.17) is 11.6 Å². The number of hydrogen-bond donors (Lipinski definition) is 1. The highest BCUT2D eigenvalue weighted by atomic mass is 35.5. The SMILES string of the molecule is CC(C)CC1CN(c2ccccc2Cl)CCCN1. The second-order valence-corrected chi connectivity index (χ2v) is 5.94. The lowest BCUT2D eigenvalue weighted by molar-refractivity contribution is 0.436. The number of hydrogen-bond acceptors (Lipinski definition) is 2. The normalized spacial score (nSPS) is 21.1. The van der Waals surface area contributed by atoms with Crippen LogP contribution in [0.3, 0.4) is 0 Å². The van der Waals surface area contributed by atoms with Gasteiger partial charge in [0, 0.05) is 19.1 Å². The lowest BCUT2D eigenvalue weighted by Gasteiger charge is -2.28. The summed E-state index contributed by atoms with van der Waals surface area (Å²) >= 11 is 6.30. The Labute approximate surface area is 115 Å². The van der Waals surface area contributed by atoms with E-state index in [1.54, 1.807) is 0 Å². The van der Waals surface area contributed by atoms with Crippen LogP contribution in [0.25, 0.3) is 0 Å². The van der Waals surface area contributed by atoms with Gasteiger partial charge < -0.3 is 10.2 Å². The highest BCUT2D eigenvalue weighted by Gasteiger charge is 2.19. The van der Waals surface area contributed by atoms with E-state index in [-0.39, 0.29) is 0 Å². The number of para-hydroxylation sites is 1. The van der Waals surface area contributed by atoms with Crippen molar-refractivity contribution < 1.29 is 0 Å². The molecule has 0 aliphatic carbocycles. The van der Waals surface area contributed by atoms with Gasteiger partial charge in [-0.15, -0.1) is 0 Å². The third-order valence-electron chi connectivity index (χ3n) is 3.43. The van der Waals surface area contributed by atoms with E-state index in [0.717, 1.165) is 30.6 Å². The van der Waals surface area contributed by atoms with Crippen LogP contribution >= 0.6 is 11.6 Å². The zero-order chi connectivity index (χ0) is 13.0. The van der Waals surface area contributed by atoms with E-state index in [1.807, 2.05) is 12.1 Å². The van der Waals surface area contributed by atoms with E-state index in [2.05, 4.69) is 36.2 Å². The Morgan fingerprint density at radius 1 is 1.39 bits per heavy atom. The summed E-state index contributed by atoms with van der Waals surface area (Å²) in [6.45, 7) is 7.82. The summed E-state index contributed by atoms with van der Waals surface area (Å²) in [5, 5.41) is 4.51. The van der Waals surface area contributed by atoms with Crippen LogP contribution in [0.2, 0.25) is 5.02 Å². The third-order valence-corrected chi connectivity index (χ3v) is 3.75. The van der Waals surface area contributed by atoms with Gasteiger partial charge in [-0.05, 0) is 37.4 Å². The molecule has 0 amide bonds. The van der Waals surface area contributed by atoms with Gasteiger partial charge >= 0.3 is 0 Å². The molecule has 1 aliphatic heterocycles. The van der Waals surface area contributed by atoms with Crippen LogP contribution in [0, 0.1) is 5.92 Å². The van der Waals surface area contributed by atoms with Crippen molar-refractivity contribution in [2.75, 3.05) is 24.5 Å². The van der Waals surface area contributed by atoms with Gasteiger partial charge in [-0.1, -0.05) is 37.6 Å². The monoisotopic (exact) mass is 266 g/mol. The standard InChI is InChI=1S/C15H23ClN2/c1-12(2)10-13-11-18(9-5-8-17-13)15-7-4-3-6-14(15)16/h3-4,6-7,12-13,17H,5,8-11H2,1-2H3. The van der Waals surface area contributed by atoms with Crippen LogP contribution in [0.15, 0.2) is 24.3 Å². The van der Waals surface area contributed by atoms with Crippen LogP contribution in [-0.2, 0) is 0 Å². The smallest absolute Gasteiger partial charge is 0.0639 e. The summed E-state index contributed by atoms with van der Waals surface area (Å²) < 4.78 is 0. The van der Waals surface area contributed by atoms with Crippen molar-refractivity contribution in [2.24, 2.45) is 5.92 Å². The van der Waals surface area contributed by atoms with E-state index in [0.29, 0.717) is 6.04 Å². The predicted octanol–water partition coefficient (Wildman–Crippen LogP) is 3.55. The van der Waals surface area contributed by atoms with Gasteiger partial charge in [-0.3, -0.25) is 0 Å². The van der Waals surface area contributed by atoms with Crippen molar-refractivity contribution in [3.05, 3.63) is 29.3 Å². The summed E-state index contributed by atoms with van der Waals surface area (Å²) in [6.07, 6.45) is 2.40. The molecule has 1 saturated heterocycles. The van der Waals surface area contributed by atoms with Crippen molar-refractivity contribution in [3.8, 4) is 0 Å². The molecule has 1 heterocycles. The molecule has 1 unspecified atom stereocenters. The third kappa shape index (κ3) is 3.63. The fourth-order valence-electron chi connectivity index (χ4n) is 2.65. The Hall–Kier alpha value is -0.730. The van der Waals surface area contributed by atoms with Gasteiger partial charge in [-0.25, -0.2) is 0 Å². The van der Waals surface area contributed by atoms with Crippen LogP contribution < -0.4 is 10.2 Å². The molecule has 1 aromatic carbocycles. The lowest BCUT2D eigenvalue weighted by Crippen LogP contribution is -2.38. The maximum atomic E-state index is 6.30. The van der Waals surface area contributed by atoms with Gasteiger partial charge in [0.2, 0.25) is 0 Å². The first-order valence-electron chi connectivity index (χ1n) is 6.89. The minimum absolute atomic E-state index is 0.573. The molecule has 1 fully saturated rings. The van der Waals surface area contributed by atoms with Gasteiger partial charge in [0.15, 0.2) is 0 Å². The van der Waals surface area contributed by atoms with Crippen molar-refractivity contribution in [3.63, 3.8) is 0 Å². The van der Waals surface area contributed by atoms with E-state index in [1.165, 1.54) is 18.5 Å². The minimum atomic E-state index is 0.573. The Morgan fingerprint density at radius 3 is 2.89 bits per heavy atom. The molecule has 0 radical (unpaired) electrons. The van der Waals surface area contributed by atoms with E-state index >= 15 is 0 Å². The number of anilines is 1. The Bertz CT molecular complexity index is 379. The molecule has 1 N–H and O–H groups in total. The molecule has 18 heavy (non-hydrogen) atoms. The second-order valence-electron chi connectivity index (χ2n) is 5.53. The number of rotatable bonds is 3. The van der Waals surface area contributed by atoms with Crippen LogP contribution in [0.4, 0.5) is 5.69 Å².